The maximum atomic E-state index is 12.4. The molecule has 0 saturated heterocycles. The molecular formula is C21H20N2O2. The zero-order chi connectivity index (χ0) is 17.4. The lowest BCUT2D eigenvalue weighted by atomic mass is 10.1. The van der Waals surface area contributed by atoms with Crippen LogP contribution < -0.4 is 5.32 Å². The van der Waals surface area contributed by atoms with Crippen LogP contribution in [0.4, 0.5) is 0 Å². The van der Waals surface area contributed by atoms with Crippen LogP contribution in [0.15, 0.2) is 61.2 Å². The van der Waals surface area contributed by atoms with Crippen LogP contribution in [0, 0.1) is 0 Å². The van der Waals surface area contributed by atoms with Crippen LogP contribution in [0.1, 0.15) is 40.2 Å². The second kappa shape index (κ2) is 6.20. The summed E-state index contributed by atoms with van der Waals surface area (Å²) in [6.07, 6.45) is 1.27. The highest BCUT2D eigenvalue weighted by molar-refractivity contribution is 6.08. The van der Waals surface area contributed by atoms with Crippen molar-refractivity contribution in [1.29, 1.82) is 0 Å². The second-order valence-corrected chi connectivity index (χ2v) is 6.63. The molecule has 4 nitrogen and oxygen atoms in total. The van der Waals surface area contributed by atoms with Gasteiger partial charge < -0.3 is 10.2 Å². The first kappa shape index (κ1) is 15.6. The van der Waals surface area contributed by atoms with Gasteiger partial charge in [0.1, 0.15) is 0 Å². The second-order valence-electron chi connectivity index (χ2n) is 6.63. The van der Waals surface area contributed by atoms with Gasteiger partial charge in [0.2, 0.25) is 5.91 Å². The molecule has 2 atom stereocenters. The van der Waals surface area contributed by atoms with Gasteiger partial charge in [-0.05, 0) is 18.1 Å². The number of nitrogens with zero attached hydrogens (tertiary/aromatic N) is 1. The largest absolute Gasteiger partial charge is 0.353 e. The molecule has 2 aromatic rings. The van der Waals surface area contributed by atoms with Gasteiger partial charge in [0, 0.05) is 41.7 Å². The van der Waals surface area contributed by atoms with Crippen molar-refractivity contribution in [2.45, 2.75) is 24.8 Å². The van der Waals surface area contributed by atoms with Crippen molar-refractivity contribution in [3.63, 3.8) is 0 Å². The molecule has 1 aliphatic carbocycles. The van der Waals surface area contributed by atoms with Crippen LogP contribution in [0.2, 0.25) is 0 Å². The highest BCUT2D eigenvalue weighted by Gasteiger charge is 2.39. The number of nitrogens with one attached hydrogen (secondary N) is 1. The topological polar surface area (TPSA) is 49.4 Å². The summed E-state index contributed by atoms with van der Waals surface area (Å²) in [7, 11) is 0. The molecule has 1 saturated carbocycles. The molecule has 25 heavy (non-hydrogen) atoms. The summed E-state index contributed by atoms with van der Waals surface area (Å²) in [5.41, 5.74) is 3.48. The zero-order valence-electron chi connectivity index (χ0n) is 13.9. The summed E-state index contributed by atoms with van der Waals surface area (Å²) in [5, 5.41) is 3.07. The highest BCUT2D eigenvalue weighted by atomic mass is 16.2. The summed E-state index contributed by atoms with van der Waals surface area (Å²) >= 11 is 0. The first-order valence-electron chi connectivity index (χ1n) is 8.59. The van der Waals surface area contributed by atoms with E-state index in [0.717, 1.165) is 12.0 Å². The summed E-state index contributed by atoms with van der Waals surface area (Å²) in [4.78, 5) is 26.3. The fourth-order valence-corrected chi connectivity index (χ4v) is 3.49. The Balaban J connectivity index is 1.30. The number of hydrogen-bond donors (Lipinski definition) is 1. The van der Waals surface area contributed by atoms with Crippen LogP contribution in [-0.2, 0) is 4.79 Å². The van der Waals surface area contributed by atoms with Crippen LogP contribution in [0.5, 0.6) is 0 Å². The van der Waals surface area contributed by atoms with Crippen molar-refractivity contribution in [3.05, 3.63) is 77.9 Å². The predicted octanol–water partition coefficient (Wildman–Crippen LogP) is 3.18. The van der Waals surface area contributed by atoms with Crippen molar-refractivity contribution in [1.82, 2.24) is 10.2 Å². The quantitative estimate of drug-likeness (QED) is 0.914. The van der Waals surface area contributed by atoms with E-state index in [1.54, 1.807) is 11.0 Å². The third kappa shape index (κ3) is 2.95. The summed E-state index contributed by atoms with van der Waals surface area (Å²) in [5.74, 6) is 0.333. The van der Waals surface area contributed by atoms with E-state index in [4.69, 9.17) is 0 Å². The molecule has 0 radical (unpaired) electrons. The van der Waals surface area contributed by atoms with Crippen LogP contribution in [0.25, 0.3) is 5.70 Å². The van der Waals surface area contributed by atoms with Gasteiger partial charge in [-0.3, -0.25) is 9.59 Å². The van der Waals surface area contributed by atoms with Crippen molar-refractivity contribution >= 4 is 17.5 Å². The number of carbonyl (C=O) groups is 2. The minimum absolute atomic E-state index is 0.0139. The van der Waals surface area contributed by atoms with E-state index in [0.29, 0.717) is 23.7 Å². The monoisotopic (exact) mass is 332 g/mol. The normalized spacial score (nSPS) is 21.2. The minimum atomic E-state index is -0.0676. The Labute approximate surface area is 147 Å². The van der Waals surface area contributed by atoms with Crippen LogP contribution in [0.3, 0.4) is 0 Å². The Hall–Kier alpha value is -2.88. The molecule has 0 spiro atoms. The number of hydrogen-bond acceptors (Lipinski definition) is 2. The lowest BCUT2D eigenvalue weighted by molar-refractivity contribution is -0.121. The molecular weight excluding hydrogens is 312 g/mol. The molecule has 2 aromatic carbocycles. The van der Waals surface area contributed by atoms with E-state index in [-0.39, 0.29) is 24.3 Å². The van der Waals surface area contributed by atoms with Crippen molar-refractivity contribution in [2.24, 2.45) is 0 Å². The maximum absolute atomic E-state index is 12.4. The molecule has 2 aliphatic rings. The average molecular weight is 332 g/mol. The van der Waals surface area contributed by atoms with Crippen LogP contribution >= 0.6 is 0 Å². The minimum Gasteiger partial charge on any atom is -0.353 e. The maximum Gasteiger partial charge on any atom is 0.258 e. The predicted molar refractivity (Wildman–Crippen MR) is 96.9 cm³/mol. The third-order valence-corrected chi connectivity index (χ3v) is 4.97. The van der Waals surface area contributed by atoms with Crippen molar-refractivity contribution in [2.75, 3.05) is 6.54 Å². The Morgan fingerprint density at radius 1 is 1.08 bits per heavy atom. The molecule has 0 aromatic heterocycles. The van der Waals surface area contributed by atoms with E-state index in [9.17, 15) is 9.59 Å². The number of fused-ring (bicyclic) bond motifs is 1. The third-order valence-electron chi connectivity index (χ3n) is 4.97. The molecule has 1 heterocycles. The molecule has 0 unspecified atom stereocenters. The average Bonchev–Trinajstić information content (AvgIpc) is 3.36. The molecule has 2 amide bonds. The smallest absolute Gasteiger partial charge is 0.258 e. The fourth-order valence-electron chi connectivity index (χ4n) is 3.49. The first-order valence-corrected chi connectivity index (χ1v) is 8.59. The van der Waals surface area contributed by atoms with Gasteiger partial charge in [-0.25, -0.2) is 0 Å². The number of carbonyl (C=O) groups excluding carboxylic acids is 2. The van der Waals surface area contributed by atoms with E-state index < -0.39 is 0 Å². The van der Waals surface area contributed by atoms with Gasteiger partial charge in [-0.1, -0.05) is 55.1 Å². The van der Waals surface area contributed by atoms with Crippen molar-refractivity contribution < 1.29 is 9.59 Å². The molecule has 1 fully saturated rings. The van der Waals surface area contributed by atoms with E-state index in [1.807, 2.05) is 36.4 Å². The Morgan fingerprint density at radius 3 is 2.48 bits per heavy atom. The molecule has 4 rings (SSSR count). The Bertz CT molecular complexity index is 809. The van der Waals surface area contributed by atoms with Gasteiger partial charge in [0.05, 0.1) is 0 Å². The summed E-state index contributed by atoms with van der Waals surface area (Å²) < 4.78 is 0. The number of rotatable bonds is 5. The summed E-state index contributed by atoms with van der Waals surface area (Å²) in [6, 6.07) is 17.9. The van der Waals surface area contributed by atoms with Crippen LogP contribution in [-0.4, -0.2) is 29.3 Å². The van der Waals surface area contributed by atoms with E-state index in [1.165, 1.54) is 5.56 Å². The molecule has 4 heteroatoms. The SMILES string of the molecule is C=C1c2ccccc2C(=O)N1CCC(=O)N[C@@H]1C[C@H]1c1ccccc1. The standard InChI is InChI=1S/C21H20N2O2/c1-14-16-9-5-6-10-17(16)21(25)23(14)12-11-20(24)22-19-13-18(19)15-7-3-2-4-8-15/h2-10,18-19H,1,11-13H2,(H,22,24)/t18-,19+/m0/s1. The molecule has 1 aliphatic heterocycles. The highest BCUT2D eigenvalue weighted by Crippen LogP contribution is 2.40. The van der Waals surface area contributed by atoms with Gasteiger partial charge in [0.15, 0.2) is 0 Å². The van der Waals surface area contributed by atoms with Gasteiger partial charge in [-0.2, -0.15) is 0 Å². The van der Waals surface area contributed by atoms with E-state index in [2.05, 4.69) is 24.0 Å². The lowest BCUT2D eigenvalue weighted by Crippen LogP contribution is -2.32. The zero-order valence-corrected chi connectivity index (χ0v) is 13.9. The molecule has 0 bridgehead atoms. The Kier molecular flexibility index (Phi) is 3.88. The van der Waals surface area contributed by atoms with Crippen molar-refractivity contribution in [3.8, 4) is 0 Å². The molecule has 1 N–H and O–H groups in total. The number of amides is 2. The Morgan fingerprint density at radius 2 is 1.76 bits per heavy atom. The number of benzene rings is 2. The molecule has 126 valence electrons. The van der Waals surface area contributed by atoms with Gasteiger partial charge >= 0.3 is 0 Å². The van der Waals surface area contributed by atoms with E-state index >= 15 is 0 Å². The lowest BCUT2D eigenvalue weighted by Gasteiger charge is -2.17. The van der Waals surface area contributed by atoms with Gasteiger partial charge in [-0.15, -0.1) is 0 Å². The van der Waals surface area contributed by atoms with Gasteiger partial charge in [0.25, 0.3) is 5.91 Å². The summed E-state index contributed by atoms with van der Waals surface area (Å²) in [6.45, 7) is 4.37. The fraction of sp³-hybridized carbons (Fsp3) is 0.238. The first-order chi connectivity index (χ1) is 12.1.